The molecule has 0 radical (unpaired) electrons. The molecular formula is C17H19ClFN5O. The molecule has 2 aromatic rings. The van der Waals surface area contributed by atoms with E-state index in [0.29, 0.717) is 35.1 Å². The number of fused-ring (bicyclic) bond motifs is 1. The second-order valence-electron chi connectivity index (χ2n) is 7.07. The van der Waals surface area contributed by atoms with Crippen LogP contribution in [0.15, 0.2) is 6.20 Å². The summed E-state index contributed by atoms with van der Waals surface area (Å²) in [4.78, 5) is 4.27. The smallest absolute Gasteiger partial charge is 0.241 e. The summed E-state index contributed by atoms with van der Waals surface area (Å²) in [5, 5.41) is 17.5. The number of aromatic nitrogens is 3. The van der Waals surface area contributed by atoms with Crippen molar-refractivity contribution in [3.8, 4) is 6.07 Å². The molecule has 4 rings (SSSR count). The van der Waals surface area contributed by atoms with E-state index >= 15 is 0 Å². The van der Waals surface area contributed by atoms with Gasteiger partial charge in [-0.05, 0) is 19.3 Å². The Hall–Kier alpha value is -1.91. The van der Waals surface area contributed by atoms with Crippen LogP contribution in [0, 0.1) is 11.3 Å². The van der Waals surface area contributed by atoms with E-state index in [1.165, 1.54) is 0 Å². The fraction of sp³-hybridized carbons (Fsp3) is 0.588. The van der Waals surface area contributed by atoms with Crippen molar-refractivity contribution < 1.29 is 9.13 Å². The average molecular weight is 364 g/mol. The minimum atomic E-state index is -1.10. The number of rotatable bonds is 3. The summed E-state index contributed by atoms with van der Waals surface area (Å²) < 4.78 is 20.8. The molecule has 6 nitrogen and oxygen atoms in total. The van der Waals surface area contributed by atoms with Gasteiger partial charge in [-0.1, -0.05) is 24.9 Å². The van der Waals surface area contributed by atoms with E-state index in [2.05, 4.69) is 28.4 Å². The van der Waals surface area contributed by atoms with Crippen LogP contribution in [0.2, 0.25) is 5.02 Å². The van der Waals surface area contributed by atoms with Gasteiger partial charge in [0.1, 0.15) is 17.8 Å². The highest BCUT2D eigenvalue weighted by Gasteiger charge is 2.40. The molecule has 2 aliphatic rings. The molecule has 1 aliphatic carbocycles. The first-order valence-electron chi connectivity index (χ1n) is 8.50. The predicted molar refractivity (Wildman–Crippen MR) is 91.7 cm³/mol. The van der Waals surface area contributed by atoms with Crippen LogP contribution in [-0.2, 0) is 10.2 Å². The van der Waals surface area contributed by atoms with Crippen molar-refractivity contribution >= 4 is 23.1 Å². The first-order chi connectivity index (χ1) is 12.0. The summed E-state index contributed by atoms with van der Waals surface area (Å²) in [6.07, 6.45) is 4.15. The molecule has 0 bridgehead atoms. The maximum absolute atomic E-state index is 14.0. The number of anilines is 1. The molecule has 8 heteroatoms. The van der Waals surface area contributed by atoms with Gasteiger partial charge in [0, 0.05) is 12.0 Å². The monoisotopic (exact) mass is 363 g/mol. The molecule has 0 unspecified atom stereocenters. The summed E-state index contributed by atoms with van der Waals surface area (Å²) in [5.41, 5.74) is 1.78. The zero-order valence-corrected chi connectivity index (χ0v) is 14.7. The van der Waals surface area contributed by atoms with Crippen LogP contribution in [0.3, 0.4) is 0 Å². The Labute approximate surface area is 149 Å². The molecule has 0 aromatic carbocycles. The van der Waals surface area contributed by atoms with Gasteiger partial charge in [-0.2, -0.15) is 5.26 Å². The maximum Gasteiger partial charge on any atom is 0.241 e. The Morgan fingerprint density at radius 2 is 2.32 bits per heavy atom. The topological polar surface area (TPSA) is 75.2 Å². The van der Waals surface area contributed by atoms with Crippen molar-refractivity contribution in [2.45, 2.75) is 50.2 Å². The van der Waals surface area contributed by atoms with Gasteiger partial charge in [0.25, 0.3) is 0 Å². The lowest BCUT2D eigenvalue weighted by atomic mass is 9.67. The second-order valence-corrected chi connectivity index (χ2v) is 7.45. The highest BCUT2D eigenvalue weighted by Crippen LogP contribution is 2.46. The largest absolute Gasteiger partial charge is 0.378 e. The summed E-state index contributed by atoms with van der Waals surface area (Å²) >= 11 is 6.40. The van der Waals surface area contributed by atoms with Gasteiger partial charge in [0.15, 0.2) is 0 Å². The number of hydrogen-bond acceptors (Lipinski definition) is 5. The van der Waals surface area contributed by atoms with E-state index < -0.39 is 6.17 Å². The summed E-state index contributed by atoms with van der Waals surface area (Å²) in [6.45, 7) is 2.72. The molecule has 2 atom stereocenters. The number of nitrogens with zero attached hydrogens (tertiary/aromatic N) is 4. The minimum absolute atomic E-state index is 0.0805. The van der Waals surface area contributed by atoms with Gasteiger partial charge >= 0.3 is 0 Å². The Balaban J connectivity index is 1.77. The molecule has 25 heavy (non-hydrogen) atoms. The van der Waals surface area contributed by atoms with E-state index in [-0.39, 0.29) is 18.1 Å². The van der Waals surface area contributed by atoms with E-state index in [1.54, 1.807) is 10.7 Å². The van der Waals surface area contributed by atoms with Crippen LogP contribution in [0.25, 0.3) is 5.52 Å². The number of alkyl halides is 1. The molecule has 1 saturated heterocycles. The Morgan fingerprint density at radius 3 is 2.96 bits per heavy atom. The van der Waals surface area contributed by atoms with Crippen LogP contribution < -0.4 is 5.32 Å². The lowest BCUT2D eigenvalue weighted by Crippen LogP contribution is -2.40. The number of nitriles is 1. The van der Waals surface area contributed by atoms with E-state index in [1.807, 2.05) is 0 Å². The number of halogens is 2. The molecule has 3 heterocycles. The van der Waals surface area contributed by atoms with Gasteiger partial charge in [-0.25, -0.2) is 13.9 Å². The Morgan fingerprint density at radius 1 is 1.52 bits per heavy atom. The number of ether oxygens (including phenoxy) is 1. The summed E-state index contributed by atoms with van der Waals surface area (Å²) in [6, 6.07) is 1.84. The zero-order valence-electron chi connectivity index (χ0n) is 13.9. The van der Waals surface area contributed by atoms with Crippen molar-refractivity contribution in [1.29, 1.82) is 5.26 Å². The first kappa shape index (κ1) is 16.6. The van der Waals surface area contributed by atoms with Crippen molar-refractivity contribution in [3.05, 3.63) is 22.5 Å². The van der Waals surface area contributed by atoms with Crippen LogP contribution in [-0.4, -0.2) is 40.0 Å². The van der Waals surface area contributed by atoms with Crippen LogP contribution in [0.5, 0.6) is 0 Å². The molecule has 2 fully saturated rings. The molecule has 2 aromatic heterocycles. The highest BCUT2D eigenvalue weighted by molar-refractivity contribution is 6.35. The van der Waals surface area contributed by atoms with Crippen LogP contribution in [0.4, 0.5) is 10.3 Å². The van der Waals surface area contributed by atoms with Crippen LogP contribution in [0.1, 0.15) is 43.9 Å². The van der Waals surface area contributed by atoms with Crippen molar-refractivity contribution in [1.82, 2.24) is 14.6 Å². The molecule has 1 aliphatic heterocycles. The molecule has 1 saturated carbocycles. The third-order valence-electron chi connectivity index (χ3n) is 5.37. The number of nitrogens with one attached hydrogen (secondary N) is 1. The van der Waals surface area contributed by atoms with Crippen molar-refractivity contribution in [2.75, 3.05) is 18.5 Å². The van der Waals surface area contributed by atoms with Gasteiger partial charge < -0.3 is 10.1 Å². The van der Waals surface area contributed by atoms with Gasteiger partial charge in [-0.15, -0.1) is 5.10 Å². The molecule has 0 spiro atoms. The lowest BCUT2D eigenvalue weighted by molar-refractivity contribution is 0.0284. The van der Waals surface area contributed by atoms with Gasteiger partial charge in [0.05, 0.1) is 35.1 Å². The molecular weight excluding hydrogens is 345 g/mol. The molecule has 0 amide bonds. The SMILES string of the molecule is CC1(c2c(C#N)c(Cl)c3cnc(N[C@@H]4CCOC[C@H]4F)nn23)CCC1. The average Bonchev–Trinajstić information content (AvgIpc) is 2.87. The zero-order chi connectivity index (χ0) is 17.6. The normalized spacial score (nSPS) is 25.4. The molecule has 1 N–H and O–H groups in total. The predicted octanol–water partition coefficient (Wildman–Crippen LogP) is 3.23. The van der Waals surface area contributed by atoms with Crippen molar-refractivity contribution in [3.63, 3.8) is 0 Å². The maximum atomic E-state index is 14.0. The van der Waals surface area contributed by atoms with Crippen molar-refractivity contribution in [2.24, 2.45) is 0 Å². The quantitative estimate of drug-likeness (QED) is 0.906. The number of hydrogen-bond donors (Lipinski definition) is 1. The fourth-order valence-electron chi connectivity index (χ4n) is 3.71. The van der Waals surface area contributed by atoms with Gasteiger partial charge in [-0.3, -0.25) is 0 Å². The first-order valence-corrected chi connectivity index (χ1v) is 8.87. The fourth-order valence-corrected chi connectivity index (χ4v) is 3.97. The lowest BCUT2D eigenvalue weighted by Gasteiger charge is -2.38. The third-order valence-corrected chi connectivity index (χ3v) is 5.75. The minimum Gasteiger partial charge on any atom is -0.378 e. The molecule has 132 valence electrons. The summed E-state index contributed by atoms with van der Waals surface area (Å²) in [5.74, 6) is 0.336. The van der Waals surface area contributed by atoms with E-state index in [0.717, 1.165) is 25.0 Å². The second kappa shape index (κ2) is 6.11. The summed E-state index contributed by atoms with van der Waals surface area (Å²) in [7, 11) is 0. The highest BCUT2D eigenvalue weighted by atomic mass is 35.5. The van der Waals surface area contributed by atoms with E-state index in [4.69, 9.17) is 16.3 Å². The van der Waals surface area contributed by atoms with E-state index in [9.17, 15) is 9.65 Å². The Bertz CT molecular complexity index is 857. The Kier molecular flexibility index (Phi) is 4.05. The third kappa shape index (κ3) is 2.64. The van der Waals surface area contributed by atoms with Gasteiger partial charge in [0.2, 0.25) is 5.95 Å². The van der Waals surface area contributed by atoms with Crippen LogP contribution >= 0.6 is 11.6 Å². The standard InChI is InChI=1S/C17H19ClFN5O/c1-17(4-2-5-17)15-10(7-20)14(18)13-8-21-16(23-24(13)15)22-12-3-6-25-9-11(12)19/h8,11-12H,2-6,9H2,1H3,(H,22,23)/t11-,12-/m1/s1.